The first-order valence-electron chi connectivity index (χ1n) is 14.1. The van der Waals surface area contributed by atoms with Crippen molar-refractivity contribution in [2.75, 3.05) is 25.2 Å². The molecule has 1 aromatic carbocycles. The van der Waals surface area contributed by atoms with Gasteiger partial charge >= 0.3 is 12.1 Å². The summed E-state index contributed by atoms with van der Waals surface area (Å²) in [7, 11) is -0.979. The first kappa shape index (κ1) is 30.8. The molecule has 0 bridgehead atoms. The van der Waals surface area contributed by atoms with Gasteiger partial charge in [-0.15, -0.1) is 0 Å². The molecule has 8 nitrogen and oxygen atoms in total. The average molecular weight is 557 g/mol. The molecule has 1 saturated carbocycles. The number of hydrogen-bond acceptors (Lipinski definition) is 7. The molecule has 1 heterocycles. The number of hydrogen-bond donors (Lipinski definition) is 0. The van der Waals surface area contributed by atoms with Gasteiger partial charge in [0.05, 0.1) is 36.9 Å². The number of rotatable bonds is 9. The van der Waals surface area contributed by atoms with Crippen LogP contribution in [0.15, 0.2) is 24.3 Å². The molecule has 0 radical (unpaired) electrons. The lowest BCUT2D eigenvalue weighted by Gasteiger charge is -2.52. The average Bonchev–Trinajstić information content (AvgIpc) is 3.13. The first-order chi connectivity index (χ1) is 18.4. The summed E-state index contributed by atoms with van der Waals surface area (Å²) in [6, 6.07) is 9.85. The molecule has 1 spiro atoms. The molecule has 3 atom stereocenters. The van der Waals surface area contributed by atoms with Crippen LogP contribution in [0, 0.1) is 17.2 Å². The van der Waals surface area contributed by atoms with Gasteiger partial charge in [-0.2, -0.15) is 5.26 Å². The number of carbonyl (C=O) groups is 3. The number of ether oxygens (including phenoxy) is 2. The Kier molecular flexibility index (Phi) is 9.34. The quantitative estimate of drug-likeness (QED) is 0.260. The third-order valence-corrected chi connectivity index (χ3v) is 15.3. The van der Waals surface area contributed by atoms with Gasteiger partial charge in [0.25, 0.3) is 0 Å². The van der Waals surface area contributed by atoms with Crippen LogP contribution in [0.4, 0.5) is 10.5 Å². The van der Waals surface area contributed by atoms with E-state index in [0.29, 0.717) is 34.5 Å². The van der Waals surface area contributed by atoms with Crippen LogP contribution in [0.1, 0.15) is 79.7 Å². The van der Waals surface area contributed by atoms with Crippen molar-refractivity contribution < 1.29 is 28.3 Å². The van der Waals surface area contributed by atoms with Gasteiger partial charge in [-0.05, 0) is 48.0 Å². The lowest BCUT2D eigenvalue weighted by Crippen LogP contribution is -2.67. The predicted molar refractivity (Wildman–Crippen MR) is 152 cm³/mol. The van der Waals surface area contributed by atoms with Crippen molar-refractivity contribution in [3.63, 3.8) is 0 Å². The van der Waals surface area contributed by atoms with Gasteiger partial charge in [-0.25, -0.2) is 4.79 Å². The van der Waals surface area contributed by atoms with E-state index in [2.05, 4.69) is 47.6 Å². The first-order valence-corrected chi connectivity index (χ1v) is 16.3. The van der Waals surface area contributed by atoms with Gasteiger partial charge in [0.2, 0.25) is 0 Å². The summed E-state index contributed by atoms with van der Waals surface area (Å²) < 4.78 is 17.6. The number of nitrogens with zero attached hydrogens (tertiary/aromatic N) is 2. The van der Waals surface area contributed by atoms with E-state index < -0.39 is 37.3 Å². The Bertz CT molecular complexity index is 1110. The van der Waals surface area contributed by atoms with E-state index in [-0.39, 0.29) is 38.1 Å². The molecule has 0 N–H and O–H groups in total. The Morgan fingerprint density at radius 2 is 1.74 bits per heavy atom. The van der Waals surface area contributed by atoms with Gasteiger partial charge in [0.15, 0.2) is 8.32 Å². The molecular weight excluding hydrogens is 512 g/mol. The van der Waals surface area contributed by atoms with Gasteiger partial charge < -0.3 is 13.9 Å². The highest BCUT2D eigenvalue weighted by Gasteiger charge is 2.70. The third-order valence-electron chi connectivity index (χ3n) is 9.19. The van der Waals surface area contributed by atoms with Crippen LogP contribution in [-0.4, -0.2) is 52.0 Å². The number of nitriles is 1. The lowest BCUT2D eigenvalue weighted by molar-refractivity contribution is -0.155. The van der Waals surface area contributed by atoms with Crippen LogP contribution in [-0.2, 0) is 28.9 Å². The van der Waals surface area contributed by atoms with Crippen molar-refractivity contribution >= 4 is 31.9 Å². The minimum absolute atomic E-state index is 0.0895. The Labute approximate surface area is 234 Å². The summed E-state index contributed by atoms with van der Waals surface area (Å²) in [6.45, 7) is 15.4. The van der Waals surface area contributed by atoms with Gasteiger partial charge in [0, 0.05) is 19.4 Å². The molecule has 1 aliphatic carbocycles. The van der Waals surface area contributed by atoms with Crippen molar-refractivity contribution in [1.29, 1.82) is 5.26 Å². The normalized spacial score (nSPS) is 24.8. The number of anilines is 1. The van der Waals surface area contributed by atoms with Crippen LogP contribution >= 0.6 is 0 Å². The molecule has 0 aromatic heterocycles. The molecule has 9 heteroatoms. The highest BCUT2D eigenvalue weighted by Crippen LogP contribution is 2.61. The predicted octanol–water partition coefficient (Wildman–Crippen LogP) is 6.29. The number of ketones is 1. The second kappa shape index (κ2) is 11.8. The number of methoxy groups -OCH3 is 1. The van der Waals surface area contributed by atoms with Crippen molar-refractivity contribution in [2.45, 2.75) is 102 Å². The highest BCUT2D eigenvalue weighted by atomic mass is 28.4. The van der Waals surface area contributed by atoms with Crippen LogP contribution < -0.4 is 4.90 Å². The SMILES string of the molecule is CCOC(=O)C1CC(=O)CCC12N(C(=O)OC)c1ccccc1[C@@]2(C#N)CCO[Si](C(C)C)(C(C)C)C(C)C. The molecule has 1 fully saturated rings. The van der Waals surface area contributed by atoms with Crippen molar-refractivity contribution in [3.05, 3.63) is 29.8 Å². The highest BCUT2D eigenvalue weighted by molar-refractivity contribution is 6.77. The second-order valence-corrected chi connectivity index (χ2v) is 17.2. The molecule has 39 heavy (non-hydrogen) atoms. The standard InChI is InChI=1S/C30H44N2O6Si/c1-9-37-27(34)25-18-23(33)14-15-30(25)29(19-31,16-17-38-39(20(2)3,21(4)5)22(6)7)24-12-10-11-13-26(24)32(30)28(35)36-8/h10-13,20-22,25H,9,14-18H2,1-8H3/t25?,29-,30?/m0/s1. The van der Waals surface area contributed by atoms with Crippen molar-refractivity contribution in [3.8, 4) is 6.07 Å². The van der Waals surface area contributed by atoms with E-state index in [1.165, 1.54) is 12.0 Å². The number of benzene rings is 1. The third kappa shape index (κ3) is 4.69. The number of para-hydroxylation sites is 1. The molecule has 214 valence electrons. The van der Waals surface area contributed by atoms with E-state index in [9.17, 15) is 19.6 Å². The van der Waals surface area contributed by atoms with Crippen LogP contribution in [0.25, 0.3) is 0 Å². The van der Waals surface area contributed by atoms with Gasteiger partial charge in [-0.1, -0.05) is 59.7 Å². The zero-order valence-electron chi connectivity index (χ0n) is 24.7. The zero-order chi connectivity index (χ0) is 29.2. The number of amides is 1. The summed E-state index contributed by atoms with van der Waals surface area (Å²) in [4.78, 5) is 41.3. The number of esters is 1. The van der Waals surface area contributed by atoms with Gasteiger partial charge in [0.1, 0.15) is 11.2 Å². The van der Waals surface area contributed by atoms with E-state index >= 15 is 0 Å². The van der Waals surface area contributed by atoms with Crippen molar-refractivity contribution in [1.82, 2.24) is 0 Å². The monoisotopic (exact) mass is 556 g/mol. The molecule has 1 amide bonds. The maximum Gasteiger partial charge on any atom is 0.414 e. The molecule has 0 saturated heterocycles. The van der Waals surface area contributed by atoms with Crippen LogP contribution in [0.2, 0.25) is 16.6 Å². The molecule has 2 unspecified atom stereocenters. The molecule has 2 aliphatic rings. The summed E-state index contributed by atoms with van der Waals surface area (Å²) >= 11 is 0. The summed E-state index contributed by atoms with van der Waals surface area (Å²) in [5.41, 5.74) is -0.448. The zero-order valence-corrected chi connectivity index (χ0v) is 25.7. The van der Waals surface area contributed by atoms with Crippen LogP contribution in [0.5, 0.6) is 0 Å². The van der Waals surface area contributed by atoms with E-state index in [0.717, 1.165) is 0 Å². The number of Topliss-reactive ketones (excluding diaryl/α,β-unsaturated/α-hetero) is 1. The minimum Gasteiger partial charge on any atom is -0.466 e. The lowest BCUT2D eigenvalue weighted by atomic mass is 9.56. The molecule has 1 aromatic rings. The fourth-order valence-electron chi connectivity index (χ4n) is 7.77. The minimum atomic E-state index is -2.27. The largest absolute Gasteiger partial charge is 0.466 e. The molecular formula is C30H44N2O6Si. The maximum absolute atomic E-state index is 13.5. The second-order valence-electron chi connectivity index (χ2n) is 11.7. The maximum atomic E-state index is 13.5. The Morgan fingerprint density at radius 1 is 1.13 bits per heavy atom. The summed E-state index contributed by atoms with van der Waals surface area (Å²) in [5, 5.41) is 11.1. The topological polar surface area (TPSA) is 106 Å². The molecule has 1 aliphatic heterocycles. The Hall–Kier alpha value is -2.70. The number of fused-ring (bicyclic) bond motifs is 1. The smallest absolute Gasteiger partial charge is 0.414 e. The van der Waals surface area contributed by atoms with Gasteiger partial charge in [-0.3, -0.25) is 14.5 Å². The number of carbonyl (C=O) groups excluding carboxylic acids is 3. The molecule has 3 rings (SSSR count). The summed E-state index contributed by atoms with van der Waals surface area (Å²) in [6.07, 6.45) is -0.218. The fraction of sp³-hybridized carbons (Fsp3) is 0.667. The fourth-order valence-corrected chi connectivity index (χ4v) is 13.2. The van der Waals surface area contributed by atoms with Crippen LogP contribution in [0.3, 0.4) is 0 Å². The summed E-state index contributed by atoms with van der Waals surface area (Å²) in [5.74, 6) is -1.69. The Balaban J connectivity index is 2.25. The van der Waals surface area contributed by atoms with E-state index in [1.807, 2.05) is 12.1 Å². The van der Waals surface area contributed by atoms with E-state index in [1.54, 1.807) is 19.1 Å². The van der Waals surface area contributed by atoms with Crippen molar-refractivity contribution in [2.24, 2.45) is 5.92 Å². The van der Waals surface area contributed by atoms with E-state index in [4.69, 9.17) is 13.9 Å². The Morgan fingerprint density at radius 3 is 2.28 bits per heavy atom.